The normalized spacial score (nSPS) is 12.5. The van der Waals surface area contributed by atoms with Crippen LogP contribution in [-0.4, -0.2) is 37.2 Å². The molecule has 0 aliphatic rings. The van der Waals surface area contributed by atoms with Gasteiger partial charge in [-0.2, -0.15) is 0 Å². The maximum atomic E-state index is 12.9. The average molecular weight is 1090 g/mol. The zero-order valence-corrected chi connectivity index (χ0v) is 51.9. The molecule has 6 nitrogen and oxygen atoms in total. The van der Waals surface area contributed by atoms with Crippen LogP contribution in [0.1, 0.15) is 348 Å². The van der Waals surface area contributed by atoms with Gasteiger partial charge in [0.1, 0.15) is 13.2 Å². The molecule has 0 aromatic heterocycles. The first-order valence-electron chi connectivity index (χ1n) is 33.9. The van der Waals surface area contributed by atoms with Gasteiger partial charge in [-0.05, 0) is 109 Å². The van der Waals surface area contributed by atoms with E-state index in [1.54, 1.807) is 0 Å². The minimum absolute atomic E-state index is 0.0791. The predicted octanol–water partition coefficient (Wildman–Crippen LogP) is 23.3. The second-order valence-electron chi connectivity index (χ2n) is 22.7. The molecule has 0 saturated carbocycles. The SMILES string of the molecule is CC/C=C\C/C=C\C/C=C\CCCCCCCCCC(=O)OC(COC(=O)CCCCCCC/C=C\CCCCC)COC(=O)CCCCCCCCCCCCCCCCCCCCC/C=C\C/C=C\CCCCCCC. The van der Waals surface area contributed by atoms with Gasteiger partial charge in [-0.1, -0.05) is 293 Å². The van der Waals surface area contributed by atoms with Gasteiger partial charge in [0.25, 0.3) is 0 Å². The minimum Gasteiger partial charge on any atom is -0.462 e. The molecule has 452 valence electrons. The number of esters is 3. The molecule has 0 N–H and O–H groups in total. The molecular formula is C72H128O6. The van der Waals surface area contributed by atoms with Crippen molar-refractivity contribution in [3.63, 3.8) is 0 Å². The van der Waals surface area contributed by atoms with Crippen molar-refractivity contribution in [1.82, 2.24) is 0 Å². The molecule has 0 spiro atoms. The van der Waals surface area contributed by atoms with E-state index in [4.69, 9.17) is 14.2 Å². The fourth-order valence-electron chi connectivity index (χ4n) is 9.84. The number of rotatable bonds is 62. The molecule has 0 fully saturated rings. The monoisotopic (exact) mass is 1090 g/mol. The summed E-state index contributed by atoms with van der Waals surface area (Å²) in [5.74, 6) is -0.883. The van der Waals surface area contributed by atoms with Gasteiger partial charge < -0.3 is 14.2 Å². The molecule has 1 unspecified atom stereocenters. The van der Waals surface area contributed by atoms with Crippen molar-refractivity contribution in [2.75, 3.05) is 13.2 Å². The van der Waals surface area contributed by atoms with Crippen molar-refractivity contribution in [1.29, 1.82) is 0 Å². The van der Waals surface area contributed by atoms with Crippen molar-refractivity contribution in [2.45, 2.75) is 354 Å². The second-order valence-corrected chi connectivity index (χ2v) is 22.7. The van der Waals surface area contributed by atoms with Crippen molar-refractivity contribution in [3.8, 4) is 0 Å². The summed E-state index contributed by atoms with van der Waals surface area (Å²) in [5.41, 5.74) is 0. The number of hydrogen-bond donors (Lipinski definition) is 0. The van der Waals surface area contributed by atoms with E-state index in [2.05, 4.69) is 93.7 Å². The van der Waals surface area contributed by atoms with Gasteiger partial charge in [0.05, 0.1) is 0 Å². The van der Waals surface area contributed by atoms with Crippen LogP contribution in [0.4, 0.5) is 0 Å². The molecular weight excluding hydrogens is 961 g/mol. The highest BCUT2D eigenvalue weighted by Gasteiger charge is 2.19. The lowest BCUT2D eigenvalue weighted by Gasteiger charge is -2.18. The minimum atomic E-state index is -0.783. The Bertz CT molecular complexity index is 1440. The fourth-order valence-corrected chi connectivity index (χ4v) is 9.84. The third-order valence-corrected chi connectivity index (χ3v) is 14.9. The molecule has 0 rings (SSSR count). The van der Waals surface area contributed by atoms with Crippen LogP contribution in [0.25, 0.3) is 0 Å². The lowest BCUT2D eigenvalue weighted by atomic mass is 10.0. The standard InChI is InChI=1S/C72H128O6/c1-4-7-10-13-16-19-22-25-27-29-30-31-32-33-34-35-36-37-38-39-40-41-42-44-45-47-50-53-56-59-62-65-71(74)77-68-69(67-76-70(73)64-61-58-55-52-49-24-21-18-15-12-9-6-3)78-72(75)66-63-60-57-54-51-48-46-43-28-26-23-20-17-14-11-8-5-2/h8,11,17-18,20-22,25-26,28-30,69H,4-7,9-10,12-16,19,23-24,27,31-68H2,1-3H3/b11-8-,20-17-,21-18-,25-22-,28-26-,30-29-. The van der Waals surface area contributed by atoms with Crippen LogP contribution in [0.5, 0.6) is 0 Å². The van der Waals surface area contributed by atoms with Crippen molar-refractivity contribution in [3.05, 3.63) is 72.9 Å². The maximum absolute atomic E-state index is 12.9. The van der Waals surface area contributed by atoms with Gasteiger partial charge >= 0.3 is 17.9 Å². The Hall–Kier alpha value is -3.15. The molecule has 0 aliphatic heterocycles. The van der Waals surface area contributed by atoms with Crippen molar-refractivity contribution < 1.29 is 28.6 Å². The van der Waals surface area contributed by atoms with E-state index >= 15 is 0 Å². The molecule has 0 bridgehead atoms. The highest BCUT2D eigenvalue weighted by molar-refractivity contribution is 5.71. The molecule has 78 heavy (non-hydrogen) atoms. The molecule has 1 atom stereocenters. The van der Waals surface area contributed by atoms with Gasteiger partial charge in [-0.25, -0.2) is 0 Å². The third-order valence-electron chi connectivity index (χ3n) is 14.9. The summed E-state index contributed by atoms with van der Waals surface area (Å²) < 4.78 is 16.9. The van der Waals surface area contributed by atoms with E-state index in [9.17, 15) is 14.4 Å². The van der Waals surface area contributed by atoms with E-state index in [0.717, 1.165) is 96.3 Å². The van der Waals surface area contributed by atoms with Crippen LogP contribution >= 0.6 is 0 Å². The Labute approximate surface area is 484 Å². The van der Waals surface area contributed by atoms with Gasteiger partial charge in [-0.15, -0.1) is 0 Å². The molecule has 0 radical (unpaired) electrons. The van der Waals surface area contributed by atoms with Crippen LogP contribution < -0.4 is 0 Å². The largest absolute Gasteiger partial charge is 0.462 e. The fraction of sp³-hybridized carbons (Fsp3) is 0.792. The van der Waals surface area contributed by atoms with Crippen LogP contribution in [0, 0.1) is 0 Å². The number of carbonyl (C=O) groups is 3. The lowest BCUT2D eigenvalue weighted by Crippen LogP contribution is -2.30. The lowest BCUT2D eigenvalue weighted by molar-refractivity contribution is -0.167. The topological polar surface area (TPSA) is 78.9 Å². The number of hydrogen-bond acceptors (Lipinski definition) is 6. The van der Waals surface area contributed by atoms with E-state index in [0.29, 0.717) is 19.3 Å². The van der Waals surface area contributed by atoms with Gasteiger partial charge in [0, 0.05) is 19.3 Å². The molecule has 0 saturated heterocycles. The van der Waals surface area contributed by atoms with E-state index in [1.165, 1.54) is 212 Å². The van der Waals surface area contributed by atoms with Crippen LogP contribution in [-0.2, 0) is 28.6 Å². The summed E-state index contributed by atoms with van der Waals surface area (Å²) in [7, 11) is 0. The molecule has 0 aromatic carbocycles. The highest BCUT2D eigenvalue weighted by atomic mass is 16.6. The Morgan fingerprint density at radius 2 is 0.500 bits per heavy atom. The van der Waals surface area contributed by atoms with Gasteiger partial charge in [-0.3, -0.25) is 14.4 Å². The molecule has 0 heterocycles. The zero-order valence-electron chi connectivity index (χ0n) is 51.9. The Balaban J connectivity index is 4.16. The Kier molecular flexibility index (Phi) is 63.7. The molecule has 0 amide bonds. The third kappa shape index (κ3) is 63.7. The van der Waals surface area contributed by atoms with E-state index in [1.807, 2.05) is 0 Å². The summed E-state index contributed by atoms with van der Waals surface area (Å²) in [5, 5.41) is 0. The summed E-state index contributed by atoms with van der Waals surface area (Å²) in [6.07, 6.45) is 86.5. The summed E-state index contributed by atoms with van der Waals surface area (Å²) in [6.45, 7) is 6.52. The smallest absolute Gasteiger partial charge is 0.306 e. The number of carbonyl (C=O) groups excluding carboxylic acids is 3. The first kappa shape index (κ1) is 74.8. The first-order chi connectivity index (χ1) is 38.5. The molecule has 0 aromatic rings. The zero-order chi connectivity index (χ0) is 56.4. The first-order valence-corrected chi connectivity index (χ1v) is 33.9. The average Bonchev–Trinajstić information content (AvgIpc) is 3.44. The quantitative estimate of drug-likeness (QED) is 0.0261. The van der Waals surface area contributed by atoms with Gasteiger partial charge in [0.15, 0.2) is 6.10 Å². The Morgan fingerprint density at radius 3 is 0.821 bits per heavy atom. The number of allylic oxidation sites excluding steroid dienone is 12. The molecule has 6 heteroatoms. The molecule has 0 aliphatic carbocycles. The predicted molar refractivity (Wildman–Crippen MR) is 339 cm³/mol. The summed E-state index contributed by atoms with van der Waals surface area (Å²) >= 11 is 0. The number of ether oxygens (including phenoxy) is 3. The summed E-state index contributed by atoms with van der Waals surface area (Å²) in [6, 6.07) is 0. The van der Waals surface area contributed by atoms with Crippen molar-refractivity contribution in [2.24, 2.45) is 0 Å². The van der Waals surface area contributed by atoms with Crippen LogP contribution in [0.15, 0.2) is 72.9 Å². The van der Waals surface area contributed by atoms with Crippen molar-refractivity contribution >= 4 is 17.9 Å². The maximum Gasteiger partial charge on any atom is 0.306 e. The van der Waals surface area contributed by atoms with E-state index in [-0.39, 0.29) is 31.1 Å². The van der Waals surface area contributed by atoms with Crippen LogP contribution in [0.3, 0.4) is 0 Å². The van der Waals surface area contributed by atoms with Crippen LogP contribution in [0.2, 0.25) is 0 Å². The highest BCUT2D eigenvalue weighted by Crippen LogP contribution is 2.17. The van der Waals surface area contributed by atoms with Gasteiger partial charge in [0.2, 0.25) is 0 Å². The second kappa shape index (κ2) is 66.4. The summed E-state index contributed by atoms with van der Waals surface area (Å²) in [4.78, 5) is 38.3. The number of unbranched alkanes of at least 4 members (excludes halogenated alkanes) is 39. The Morgan fingerprint density at radius 1 is 0.269 bits per heavy atom. The van der Waals surface area contributed by atoms with E-state index < -0.39 is 6.10 Å².